The van der Waals surface area contributed by atoms with Gasteiger partial charge in [0, 0.05) is 119 Å². The molecule has 31 nitrogen and oxygen atoms in total. The van der Waals surface area contributed by atoms with Gasteiger partial charge < -0.3 is 66.5 Å². The number of H-pyrrole nitrogens is 1. The van der Waals surface area contributed by atoms with Crippen molar-refractivity contribution in [3.8, 4) is 109 Å². The first-order valence-corrected chi connectivity index (χ1v) is 46.5. The van der Waals surface area contributed by atoms with Crippen molar-refractivity contribution in [3.05, 3.63) is 394 Å². The number of methoxy groups -OCH3 is 3. The maximum absolute atomic E-state index is 14.1. The van der Waals surface area contributed by atoms with Crippen LogP contribution in [-0.4, -0.2) is 132 Å². The van der Waals surface area contributed by atoms with Gasteiger partial charge in [0.15, 0.2) is 86.3 Å². The zero-order chi connectivity index (χ0) is 108. The van der Waals surface area contributed by atoms with Crippen molar-refractivity contribution in [1.29, 1.82) is 10.7 Å². The molecule has 11 N–H and O–H groups in total. The van der Waals surface area contributed by atoms with Crippen LogP contribution < -0.4 is 62.0 Å². The maximum Gasteiger partial charge on any atom is 0.293 e. The number of anilines is 8. The monoisotopic (exact) mass is 2220 g/mol. The highest BCUT2D eigenvalue weighted by molar-refractivity contribution is 6.33. The van der Waals surface area contributed by atoms with Gasteiger partial charge >= 0.3 is 0 Å². The average Bonchev–Trinajstić information content (AvgIpc) is 0.810. The van der Waals surface area contributed by atoms with Crippen molar-refractivity contribution < 1.29 is 63.9 Å². The minimum atomic E-state index is -0.535. The molecule has 0 bridgehead atoms. The van der Waals surface area contributed by atoms with Crippen LogP contribution in [0, 0.1) is 63.3 Å². The lowest BCUT2D eigenvalue weighted by Gasteiger charge is -2.13. The Labute approximate surface area is 894 Å². The predicted molar refractivity (Wildman–Crippen MR) is 563 cm³/mol. The molecule has 0 amide bonds. The Balaban J connectivity index is 0.000000165. The minimum Gasteiger partial charge on any atom is -0.503 e. The molecule has 0 saturated carbocycles. The van der Waals surface area contributed by atoms with Gasteiger partial charge in [-0.2, -0.15) is 5.26 Å². The van der Waals surface area contributed by atoms with E-state index in [0.29, 0.717) is 106 Å². The van der Waals surface area contributed by atoms with E-state index < -0.39 is 52.1 Å². The third-order valence-electron chi connectivity index (χ3n) is 19.1. The van der Waals surface area contributed by atoms with Crippen molar-refractivity contribution in [2.45, 2.75) is 13.3 Å². The molecule has 0 unspecified atom stereocenters. The zero-order valence-electron chi connectivity index (χ0n) is 78.0. The molecule has 8 aromatic carbocycles. The highest BCUT2D eigenvalue weighted by atomic mass is 35.5. The highest BCUT2D eigenvalue weighted by Gasteiger charge is 2.22. The van der Waals surface area contributed by atoms with Crippen molar-refractivity contribution in [3.63, 3.8) is 0 Å². The summed E-state index contributed by atoms with van der Waals surface area (Å²) in [5.41, 5.74) is 14.2. The number of benzene rings is 8. The summed E-state index contributed by atoms with van der Waals surface area (Å²) < 4.78 is 135. The molecule has 0 atom stereocenters. The lowest BCUT2D eigenvalue weighted by molar-refractivity contribution is 0.317. The number of amidine groups is 1. The number of pyridine rings is 4. The maximum atomic E-state index is 14.1. The molecular formula is C102H77Cl9F8N24O7. The Morgan fingerprint density at radius 2 is 0.667 bits per heavy atom. The first-order valence-electron chi connectivity index (χ1n) is 43.1. The van der Waals surface area contributed by atoms with Crippen LogP contribution in [0.25, 0.3) is 68.3 Å². The molecule has 0 aliphatic carbocycles. The van der Waals surface area contributed by atoms with E-state index in [0.717, 1.165) is 23.5 Å². The SMILES string of the molecule is CCCOc1cnc(-c2cc(Cl)ccc2F)nc1Nc1ccncc1.COc1cnc(-c2cc(Cl)ccc2F)[nH]c1=O.COc1cnc(-c2cc(Cl)ccc2F)nc1Cl.COc1cnc(-c2cc(Cl)ccc2F)nc1Nc1ccncc1.N#Cc1cc(Cl)ccc1F.N=C(N)c1cc(Cl)ccc1F.NCCOc1cnc(-c2cc(Cl)ccc2F)nc1Nc1ccncc1.Oc1cnc(-c2cc(Cl)ccc2F)nc1Nc1ccncc1. The standard InChI is InChI=1S/C18H16ClFN4O.C17H15ClFN5O.C16H12ClFN4O.C15H10ClFN4O.C11H7Cl2FN2O.C11H8ClFN2O2.C7H6ClFN2.C7H3ClFN/c1-2-9-25-16-11-22-17(14-10-12(19)3-4-15(14)20)24-18(16)23-13-5-7-21-8-6-13;18-11-1-2-14(19)13(9-11)16-22-10-15(25-8-5-20)17(24-16)23-12-3-6-21-7-4-12;1-23-14-9-20-15(12-8-10(17)2-3-13(12)18)22-16(14)21-11-4-6-19-7-5-11;16-9-1-2-12(17)11(7-9)14-19-8-13(22)15(21-14)20-10-3-5-18-6-4-10;1-17-9-5-15-11(16-10(9)13)7-4-6(12)2-3-8(7)14;1-17-9-5-14-10(15-11(9)16)7-4-6(12)2-3-8(7)13;8-4-1-2-6(9)5(3-4)7(10)11;8-6-1-2-7(9)5(3-6)4-10/h3-8,10-11H,2,9H2,1H3,(H,21,22,23,24);1-4,6-7,9-10H,5,8,20H2,(H,21,22,23,24);2-9H,1H3,(H,19,20,21,22);1-8,22H,(H,18,19,20,21);2-5H,1H3;2-5H,1H3,(H,14,15,16);1-3H,(H3,10,11);1-3H. The number of aromatic amines is 1. The Kier molecular flexibility index (Phi) is 43.3. The normalized spacial score (nSPS) is 10.3. The van der Waals surface area contributed by atoms with Crippen LogP contribution in [0.15, 0.2) is 286 Å². The summed E-state index contributed by atoms with van der Waals surface area (Å²) in [7, 11) is 4.31. The number of nitriles is 1. The summed E-state index contributed by atoms with van der Waals surface area (Å²) in [6, 6.07) is 48.5. The van der Waals surface area contributed by atoms with E-state index in [1.807, 2.05) is 6.92 Å². The molecule has 0 aliphatic rings. The largest absolute Gasteiger partial charge is 0.503 e. The van der Waals surface area contributed by atoms with Crippen LogP contribution in [0.5, 0.6) is 34.5 Å². The Hall–Kier alpha value is -16.4. The second-order valence-corrected chi connectivity index (χ2v) is 33.3. The number of aromatic nitrogens is 16. The average molecular weight is 2220 g/mol. The van der Waals surface area contributed by atoms with E-state index in [4.69, 9.17) is 150 Å². The lowest BCUT2D eigenvalue weighted by atomic mass is 10.2. The molecular weight excluding hydrogens is 2140 g/mol. The van der Waals surface area contributed by atoms with Crippen LogP contribution in [0.3, 0.4) is 0 Å². The highest BCUT2D eigenvalue weighted by Crippen LogP contribution is 2.38. The summed E-state index contributed by atoms with van der Waals surface area (Å²) in [4.78, 5) is 75.3. The fourth-order valence-electron chi connectivity index (χ4n) is 12.0. The number of halogens is 17. The summed E-state index contributed by atoms with van der Waals surface area (Å²) in [5.74, 6) is -0.177. The first-order chi connectivity index (χ1) is 72.2. The molecule has 10 aromatic heterocycles. The van der Waals surface area contributed by atoms with E-state index in [1.165, 1.54) is 204 Å². The van der Waals surface area contributed by atoms with Crippen LogP contribution in [0.2, 0.25) is 45.3 Å². The van der Waals surface area contributed by atoms with Crippen molar-refractivity contribution >= 4 is 156 Å². The smallest absolute Gasteiger partial charge is 0.293 e. The topological polar surface area (TPSA) is 440 Å². The molecule has 0 saturated heterocycles. The van der Waals surface area contributed by atoms with Crippen LogP contribution >= 0.6 is 104 Å². The number of ether oxygens (including phenoxy) is 5. The van der Waals surface area contributed by atoms with Gasteiger partial charge in [-0.15, -0.1) is 0 Å². The Bertz CT molecular complexity index is 7630. The van der Waals surface area contributed by atoms with Crippen LogP contribution in [-0.2, 0) is 0 Å². The fourth-order valence-corrected chi connectivity index (χ4v) is 13.6. The number of nitrogens with zero attached hydrogens (tertiary/aromatic N) is 16. The summed E-state index contributed by atoms with van der Waals surface area (Å²) in [6.45, 7) is 3.18. The first kappa shape index (κ1) is 114. The third kappa shape index (κ3) is 33.8. The second-order valence-electron chi connectivity index (χ2n) is 29.5. The number of aromatic hydroxyl groups is 1. The molecule has 10 heterocycles. The molecule has 18 aromatic rings. The second kappa shape index (κ2) is 57.1. The van der Waals surface area contributed by atoms with Crippen molar-refractivity contribution in [1.82, 2.24) is 79.7 Å². The molecule has 0 aliphatic heterocycles. The lowest BCUT2D eigenvalue weighted by Crippen LogP contribution is -2.12. The number of nitrogen functional groups attached to an aromatic ring is 1. The van der Waals surface area contributed by atoms with Crippen molar-refractivity contribution in [2.24, 2.45) is 11.5 Å². The molecule has 766 valence electrons. The van der Waals surface area contributed by atoms with Crippen molar-refractivity contribution in [2.75, 3.05) is 62.4 Å². The Morgan fingerprint density at radius 3 is 1.00 bits per heavy atom. The van der Waals surface area contributed by atoms with Gasteiger partial charge in [-0.1, -0.05) is 111 Å². The number of hydrogen-bond donors (Lipinski definition) is 9. The quantitative estimate of drug-likeness (QED) is 0.0117. The number of nitrogens with two attached hydrogens (primary N) is 2. The summed E-state index contributed by atoms with van der Waals surface area (Å²) >= 11 is 52.1. The molecule has 0 radical (unpaired) electrons. The molecule has 150 heavy (non-hydrogen) atoms. The van der Waals surface area contributed by atoms with Gasteiger partial charge in [0.2, 0.25) is 5.75 Å². The van der Waals surface area contributed by atoms with Gasteiger partial charge in [0.05, 0.1) is 110 Å². The van der Waals surface area contributed by atoms with Gasteiger partial charge in [0.25, 0.3) is 5.56 Å². The van der Waals surface area contributed by atoms with Gasteiger partial charge in [-0.25, -0.2) is 89.9 Å². The molecule has 0 spiro atoms. The number of rotatable bonds is 24. The number of hydrogen-bond acceptors (Lipinski definition) is 29. The molecule has 18 rings (SSSR count). The fraction of sp³-hybridized carbons (Fsp3) is 0.0784. The van der Waals surface area contributed by atoms with E-state index in [9.17, 15) is 45.0 Å². The molecule has 0 fully saturated rings. The molecule has 48 heteroatoms. The van der Waals surface area contributed by atoms with Gasteiger partial charge in [0.1, 0.15) is 70.9 Å². The van der Waals surface area contributed by atoms with Crippen LogP contribution in [0.1, 0.15) is 24.5 Å². The number of nitrogens with one attached hydrogen (secondary N) is 6. The van der Waals surface area contributed by atoms with E-state index >= 15 is 0 Å². The van der Waals surface area contributed by atoms with Crippen LogP contribution in [0.4, 0.5) is 81.1 Å². The minimum absolute atomic E-state index is 0.0208. The van der Waals surface area contributed by atoms with E-state index in [-0.39, 0.29) is 108 Å². The van der Waals surface area contributed by atoms with E-state index in [2.05, 4.69) is 101 Å². The van der Waals surface area contributed by atoms with E-state index in [1.54, 1.807) is 104 Å². The van der Waals surface area contributed by atoms with Gasteiger partial charge in [-0.05, 0) is 201 Å². The van der Waals surface area contributed by atoms with Gasteiger partial charge in [-0.3, -0.25) is 30.1 Å². The Morgan fingerprint density at radius 1 is 0.373 bits per heavy atom. The zero-order valence-corrected chi connectivity index (χ0v) is 84.8. The summed E-state index contributed by atoms with van der Waals surface area (Å²) in [6.07, 6.45) is 22.2. The third-order valence-corrected chi connectivity index (χ3v) is 21.2. The summed E-state index contributed by atoms with van der Waals surface area (Å²) in [5, 5.41) is 40.6. The predicted octanol–water partition coefficient (Wildman–Crippen LogP) is 26.1.